The maximum Gasteiger partial charge on any atom is -0.0152 e. The van der Waals surface area contributed by atoms with Crippen LogP contribution >= 0.6 is 0 Å². The first kappa shape index (κ1) is 19.0. The number of hydrogen-bond donors (Lipinski definition) is 0. The average molecular weight is 369 g/mol. The summed E-state index contributed by atoms with van der Waals surface area (Å²) in [6, 6.07) is 22.9. The van der Waals surface area contributed by atoms with Crippen molar-refractivity contribution in [2.75, 3.05) is 0 Å². The van der Waals surface area contributed by atoms with Gasteiger partial charge >= 0.3 is 0 Å². The van der Waals surface area contributed by atoms with Crippen LogP contribution in [0.25, 0.3) is 22.3 Å². The molecule has 0 radical (unpaired) electrons. The largest absolute Gasteiger partial charge is 0.0625 e. The summed E-state index contributed by atoms with van der Waals surface area (Å²) in [5.41, 5.74) is 10.9. The Morgan fingerprint density at radius 2 is 1.04 bits per heavy atom. The van der Waals surface area contributed by atoms with Crippen molar-refractivity contribution < 1.29 is 0 Å². The van der Waals surface area contributed by atoms with E-state index < -0.39 is 0 Å². The van der Waals surface area contributed by atoms with Crippen LogP contribution in [0.15, 0.2) is 60.7 Å². The van der Waals surface area contributed by atoms with E-state index in [0.717, 1.165) is 11.8 Å². The van der Waals surface area contributed by atoms with E-state index in [4.69, 9.17) is 0 Å². The lowest BCUT2D eigenvalue weighted by Gasteiger charge is -2.26. The first-order valence-electron chi connectivity index (χ1n) is 10.8. The maximum atomic E-state index is 2.39. The molecular weight excluding hydrogens is 336 g/mol. The summed E-state index contributed by atoms with van der Waals surface area (Å²) in [5, 5.41) is 0. The van der Waals surface area contributed by atoms with Crippen LogP contribution in [0.3, 0.4) is 0 Å². The van der Waals surface area contributed by atoms with Crippen molar-refractivity contribution in [3.8, 4) is 22.3 Å². The zero-order chi connectivity index (χ0) is 19.7. The molecule has 0 heterocycles. The smallest absolute Gasteiger partial charge is 0.0152 e. The van der Waals surface area contributed by atoms with Crippen molar-refractivity contribution in [2.24, 2.45) is 5.92 Å². The van der Waals surface area contributed by atoms with E-state index in [1.807, 2.05) is 0 Å². The Balaban J connectivity index is 1.61. The molecule has 0 aromatic heterocycles. The monoisotopic (exact) mass is 368 g/mol. The second kappa shape index (κ2) is 7.95. The van der Waals surface area contributed by atoms with Gasteiger partial charge in [0.1, 0.15) is 0 Å². The second-order valence-electron chi connectivity index (χ2n) is 8.86. The highest BCUT2D eigenvalue weighted by molar-refractivity contribution is 5.77. The van der Waals surface area contributed by atoms with Crippen LogP contribution in [0, 0.1) is 26.7 Å². The molecule has 0 unspecified atom stereocenters. The fourth-order valence-corrected chi connectivity index (χ4v) is 4.71. The lowest BCUT2D eigenvalue weighted by Crippen LogP contribution is -2.10. The average Bonchev–Trinajstić information content (AvgIpc) is 2.72. The highest BCUT2D eigenvalue weighted by atomic mass is 14.2. The molecule has 0 aliphatic heterocycles. The molecule has 0 atom stereocenters. The van der Waals surface area contributed by atoms with E-state index in [9.17, 15) is 0 Å². The van der Waals surface area contributed by atoms with E-state index in [0.29, 0.717) is 0 Å². The van der Waals surface area contributed by atoms with E-state index in [-0.39, 0.29) is 0 Å². The van der Waals surface area contributed by atoms with Crippen LogP contribution in [-0.2, 0) is 0 Å². The summed E-state index contributed by atoms with van der Waals surface area (Å²) < 4.78 is 0. The summed E-state index contributed by atoms with van der Waals surface area (Å²) in [6.45, 7) is 9.05. The molecule has 3 aromatic carbocycles. The first-order valence-corrected chi connectivity index (χ1v) is 10.8. The van der Waals surface area contributed by atoms with Crippen LogP contribution in [0.5, 0.6) is 0 Å². The van der Waals surface area contributed by atoms with Crippen LogP contribution < -0.4 is 0 Å². The summed E-state index contributed by atoms with van der Waals surface area (Å²) in [5.74, 6) is 1.67. The fraction of sp³-hybridized carbons (Fsp3) is 0.357. The first-order chi connectivity index (χ1) is 13.5. The van der Waals surface area contributed by atoms with Gasteiger partial charge in [0.15, 0.2) is 0 Å². The normalized spacial score (nSPS) is 19.6. The molecule has 0 amide bonds. The third kappa shape index (κ3) is 3.78. The molecule has 28 heavy (non-hydrogen) atoms. The highest BCUT2D eigenvalue weighted by Gasteiger charge is 2.19. The second-order valence-corrected chi connectivity index (χ2v) is 8.86. The molecule has 1 aliphatic rings. The minimum absolute atomic E-state index is 0.761. The molecule has 0 nitrogen and oxygen atoms in total. The Morgan fingerprint density at radius 3 is 1.54 bits per heavy atom. The molecule has 0 bridgehead atoms. The van der Waals surface area contributed by atoms with Gasteiger partial charge in [-0.05, 0) is 84.4 Å². The number of rotatable bonds is 3. The summed E-state index contributed by atoms with van der Waals surface area (Å²) in [7, 11) is 0. The van der Waals surface area contributed by atoms with Crippen molar-refractivity contribution in [2.45, 2.75) is 59.3 Å². The van der Waals surface area contributed by atoms with E-state index in [1.165, 1.54) is 70.2 Å². The van der Waals surface area contributed by atoms with Crippen molar-refractivity contribution in [1.29, 1.82) is 0 Å². The van der Waals surface area contributed by atoms with Gasteiger partial charge in [0.25, 0.3) is 0 Å². The van der Waals surface area contributed by atoms with Crippen molar-refractivity contribution >= 4 is 0 Å². The van der Waals surface area contributed by atoms with Crippen molar-refractivity contribution in [3.63, 3.8) is 0 Å². The minimum Gasteiger partial charge on any atom is -0.0625 e. The lowest BCUT2D eigenvalue weighted by atomic mass is 9.79. The zero-order valence-electron chi connectivity index (χ0n) is 17.8. The van der Waals surface area contributed by atoms with Gasteiger partial charge in [-0.25, -0.2) is 0 Å². The molecule has 1 saturated carbocycles. The molecular formula is C28H32. The van der Waals surface area contributed by atoms with Gasteiger partial charge in [0.2, 0.25) is 0 Å². The topological polar surface area (TPSA) is 0 Å². The minimum atomic E-state index is 0.761. The molecule has 144 valence electrons. The van der Waals surface area contributed by atoms with Gasteiger partial charge in [0.05, 0.1) is 0 Å². The Kier molecular flexibility index (Phi) is 5.40. The van der Waals surface area contributed by atoms with Gasteiger partial charge in [-0.3, -0.25) is 0 Å². The van der Waals surface area contributed by atoms with Crippen LogP contribution in [0.2, 0.25) is 0 Å². The lowest BCUT2D eigenvalue weighted by molar-refractivity contribution is 0.348. The molecule has 1 fully saturated rings. The predicted octanol–water partition coefficient (Wildman–Crippen LogP) is 8.24. The van der Waals surface area contributed by atoms with Crippen LogP contribution in [0.4, 0.5) is 0 Å². The number of benzene rings is 3. The highest BCUT2D eigenvalue weighted by Crippen LogP contribution is 2.37. The Labute approximate surface area is 170 Å². The molecule has 0 N–H and O–H groups in total. The summed E-state index contributed by atoms with van der Waals surface area (Å²) in [6.07, 6.45) is 5.46. The zero-order valence-corrected chi connectivity index (χ0v) is 17.8. The molecule has 1 aliphatic carbocycles. The Bertz CT molecular complexity index is 937. The predicted molar refractivity (Wildman–Crippen MR) is 122 cm³/mol. The molecule has 0 heteroatoms. The molecule has 0 saturated heterocycles. The summed E-state index contributed by atoms with van der Waals surface area (Å²) in [4.78, 5) is 0. The molecule has 3 aromatic rings. The number of aryl methyl sites for hydroxylation is 1. The number of hydrogen-bond acceptors (Lipinski definition) is 0. The fourth-order valence-electron chi connectivity index (χ4n) is 4.71. The quantitative estimate of drug-likeness (QED) is 0.436. The van der Waals surface area contributed by atoms with E-state index >= 15 is 0 Å². The van der Waals surface area contributed by atoms with Crippen LogP contribution in [0.1, 0.15) is 60.8 Å². The van der Waals surface area contributed by atoms with Crippen LogP contribution in [-0.4, -0.2) is 0 Å². The SMILES string of the molecule is Cc1ccc(-c2ccc(-c3ccc(C4CCC(C)CC4)cc3)c(C)c2C)cc1. The maximum absolute atomic E-state index is 2.39. The summed E-state index contributed by atoms with van der Waals surface area (Å²) >= 11 is 0. The Morgan fingerprint density at radius 1 is 0.571 bits per heavy atom. The standard InChI is InChI=1S/C28H32/c1-19-5-9-23(10-6-19)24-13-15-26(16-14-24)28-18-17-27(21(3)22(28)4)25-11-7-20(2)8-12-25/h7-8,11-19,23H,5-6,9-10H2,1-4H3. The van der Waals surface area contributed by atoms with Crippen molar-refractivity contribution in [1.82, 2.24) is 0 Å². The van der Waals surface area contributed by atoms with E-state index in [2.05, 4.69) is 88.4 Å². The van der Waals surface area contributed by atoms with Gasteiger partial charge < -0.3 is 0 Å². The van der Waals surface area contributed by atoms with Crippen molar-refractivity contribution in [3.05, 3.63) is 82.9 Å². The van der Waals surface area contributed by atoms with Gasteiger partial charge in [-0.1, -0.05) is 86.0 Å². The van der Waals surface area contributed by atoms with E-state index in [1.54, 1.807) is 0 Å². The van der Waals surface area contributed by atoms with Gasteiger partial charge in [-0.15, -0.1) is 0 Å². The molecule has 4 rings (SSSR count). The Hall–Kier alpha value is -2.34. The van der Waals surface area contributed by atoms with Gasteiger partial charge in [0, 0.05) is 0 Å². The molecule has 0 spiro atoms. The van der Waals surface area contributed by atoms with Gasteiger partial charge in [-0.2, -0.15) is 0 Å². The third-order valence-corrected chi connectivity index (χ3v) is 6.86. The third-order valence-electron chi connectivity index (χ3n) is 6.86.